The molecule has 1 aromatic rings. The highest BCUT2D eigenvalue weighted by atomic mass is 19.2. The van der Waals surface area contributed by atoms with Crippen molar-refractivity contribution in [1.29, 1.82) is 0 Å². The molecule has 0 atom stereocenters. The van der Waals surface area contributed by atoms with Gasteiger partial charge in [0.05, 0.1) is 5.56 Å². The minimum absolute atomic E-state index is 0.0776. The molecule has 0 unspecified atom stereocenters. The second-order valence-corrected chi connectivity index (χ2v) is 5.51. The SMILES string of the molecule is CC(C)C(=Cc1c(F)c(F)c(F)c(F)c1F)CNC1CC1. The van der Waals surface area contributed by atoms with Gasteiger partial charge in [-0.2, -0.15) is 0 Å². The Morgan fingerprint density at radius 1 is 1.00 bits per heavy atom. The van der Waals surface area contributed by atoms with Crippen molar-refractivity contribution in [2.45, 2.75) is 32.7 Å². The summed E-state index contributed by atoms with van der Waals surface area (Å²) in [6.07, 6.45) is 3.12. The van der Waals surface area contributed by atoms with Gasteiger partial charge in [0.25, 0.3) is 0 Å². The molecule has 0 aliphatic heterocycles. The van der Waals surface area contributed by atoms with E-state index < -0.39 is 34.6 Å². The Morgan fingerprint density at radius 3 is 1.90 bits per heavy atom. The lowest BCUT2D eigenvalue weighted by atomic mass is 9.99. The number of hydrogen-bond donors (Lipinski definition) is 1. The first-order valence-electron chi connectivity index (χ1n) is 6.78. The van der Waals surface area contributed by atoms with Gasteiger partial charge in [0, 0.05) is 12.6 Å². The zero-order chi connectivity index (χ0) is 15.7. The molecule has 1 saturated carbocycles. The lowest BCUT2D eigenvalue weighted by molar-refractivity contribution is 0.376. The van der Waals surface area contributed by atoms with Gasteiger partial charge in [-0.05, 0) is 24.8 Å². The van der Waals surface area contributed by atoms with Gasteiger partial charge in [-0.25, -0.2) is 22.0 Å². The van der Waals surface area contributed by atoms with Crippen LogP contribution in [-0.2, 0) is 0 Å². The standard InChI is InChI=1S/C15H16F5N/c1-7(2)8(6-21-9-3-4-9)5-10-11(16)13(18)15(20)14(19)12(10)17/h5,7,9,21H,3-4,6H2,1-2H3. The van der Waals surface area contributed by atoms with Crippen molar-refractivity contribution in [3.05, 3.63) is 40.2 Å². The molecule has 0 radical (unpaired) electrons. The van der Waals surface area contributed by atoms with E-state index in [1.54, 1.807) is 13.8 Å². The van der Waals surface area contributed by atoms with Crippen LogP contribution >= 0.6 is 0 Å². The normalized spacial score (nSPS) is 15.9. The van der Waals surface area contributed by atoms with Crippen molar-refractivity contribution >= 4 is 6.08 Å². The number of nitrogens with one attached hydrogen (secondary N) is 1. The molecule has 0 saturated heterocycles. The Morgan fingerprint density at radius 2 is 1.48 bits per heavy atom. The fourth-order valence-electron chi connectivity index (χ4n) is 1.91. The zero-order valence-corrected chi connectivity index (χ0v) is 11.7. The predicted molar refractivity (Wildman–Crippen MR) is 70.1 cm³/mol. The molecule has 1 aromatic carbocycles. The van der Waals surface area contributed by atoms with E-state index in [1.165, 1.54) is 0 Å². The van der Waals surface area contributed by atoms with Crippen LogP contribution in [0.3, 0.4) is 0 Å². The summed E-state index contributed by atoms with van der Waals surface area (Å²) in [6.45, 7) is 3.96. The van der Waals surface area contributed by atoms with Crippen LogP contribution in [0.5, 0.6) is 0 Å². The van der Waals surface area contributed by atoms with E-state index in [0.29, 0.717) is 18.2 Å². The Bertz CT molecular complexity index is 547. The van der Waals surface area contributed by atoms with Crippen LogP contribution in [0, 0.1) is 35.0 Å². The summed E-state index contributed by atoms with van der Waals surface area (Å²) in [5.41, 5.74) is -0.294. The lowest BCUT2D eigenvalue weighted by Gasteiger charge is -2.14. The van der Waals surface area contributed by atoms with Gasteiger partial charge in [-0.1, -0.05) is 19.4 Å². The first-order chi connectivity index (χ1) is 9.82. The van der Waals surface area contributed by atoms with Crippen LogP contribution in [-0.4, -0.2) is 12.6 Å². The van der Waals surface area contributed by atoms with Crippen LogP contribution < -0.4 is 5.32 Å². The predicted octanol–water partition coefficient (Wildman–Crippen LogP) is 4.17. The van der Waals surface area contributed by atoms with E-state index in [2.05, 4.69) is 5.32 Å². The molecular formula is C15H16F5N. The molecule has 0 amide bonds. The first-order valence-corrected chi connectivity index (χ1v) is 6.78. The molecule has 0 aromatic heterocycles. The number of rotatable bonds is 5. The van der Waals surface area contributed by atoms with Crippen LogP contribution in [0.2, 0.25) is 0 Å². The van der Waals surface area contributed by atoms with E-state index in [-0.39, 0.29) is 5.92 Å². The van der Waals surface area contributed by atoms with Crippen molar-refractivity contribution < 1.29 is 22.0 Å². The van der Waals surface area contributed by atoms with Crippen LogP contribution in [0.1, 0.15) is 32.3 Å². The van der Waals surface area contributed by atoms with Crippen LogP contribution in [0.25, 0.3) is 6.08 Å². The molecule has 1 nitrogen and oxygen atoms in total. The van der Waals surface area contributed by atoms with Crippen LogP contribution in [0.15, 0.2) is 5.57 Å². The van der Waals surface area contributed by atoms with Crippen molar-refractivity contribution in [2.75, 3.05) is 6.54 Å². The number of benzene rings is 1. The molecule has 2 rings (SSSR count). The highest BCUT2D eigenvalue weighted by Crippen LogP contribution is 2.27. The molecule has 0 heterocycles. The summed E-state index contributed by atoms with van der Waals surface area (Å²) in [4.78, 5) is 0. The largest absolute Gasteiger partial charge is 0.310 e. The van der Waals surface area contributed by atoms with E-state index in [9.17, 15) is 22.0 Å². The minimum atomic E-state index is -2.13. The molecule has 0 spiro atoms. The third-order valence-corrected chi connectivity index (χ3v) is 3.49. The summed E-state index contributed by atoms with van der Waals surface area (Å²) in [5, 5.41) is 3.16. The Balaban J connectivity index is 2.40. The molecule has 1 fully saturated rings. The number of halogens is 5. The summed E-state index contributed by atoms with van der Waals surface area (Å²) in [6, 6.07) is 0.378. The second-order valence-electron chi connectivity index (χ2n) is 5.51. The Labute approximate surface area is 119 Å². The number of hydrogen-bond acceptors (Lipinski definition) is 1. The smallest absolute Gasteiger partial charge is 0.200 e. The van der Waals surface area contributed by atoms with Crippen molar-refractivity contribution in [3.8, 4) is 0 Å². The fourth-order valence-corrected chi connectivity index (χ4v) is 1.91. The van der Waals surface area contributed by atoms with Gasteiger partial charge in [0.15, 0.2) is 23.3 Å². The van der Waals surface area contributed by atoms with Gasteiger partial charge < -0.3 is 5.32 Å². The maximum absolute atomic E-state index is 13.7. The zero-order valence-electron chi connectivity index (χ0n) is 11.7. The maximum atomic E-state index is 13.7. The molecule has 0 bridgehead atoms. The van der Waals surface area contributed by atoms with E-state index in [1.807, 2.05) is 0 Å². The topological polar surface area (TPSA) is 12.0 Å². The third kappa shape index (κ3) is 3.43. The quantitative estimate of drug-likeness (QED) is 0.489. The van der Waals surface area contributed by atoms with Crippen molar-refractivity contribution in [3.63, 3.8) is 0 Å². The first kappa shape index (κ1) is 15.9. The molecule has 6 heteroatoms. The highest BCUT2D eigenvalue weighted by molar-refractivity contribution is 5.55. The Hall–Kier alpha value is -1.43. The highest BCUT2D eigenvalue weighted by Gasteiger charge is 2.25. The van der Waals surface area contributed by atoms with Crippen molar-refractivity contribution in [1.82, 2.24) is 5.32 Å². The van der Waals surface area contributed by atoms with Crippen molar-refractivity contribution in [2.24, 2.45) is 5.92 Å². The molecule has 1 aliphatic carbocycles. The van der Waals surface area contributed by atoms with E-state index >= 15 is 0 Å². The van der Waals surface area contributed by atoms with E-state index in [0.717, 1.165) is 18.9 Å². The summed E-state index contributed by atoms with van der Waals surface area (Å²) in [7, 11) is 0. The molecule has 116 valence electrons. The van der Waals surface area contributed by atoms with Crippen LogP contribution in [0.4, 0.5) is 22.0 Å². The summed E-state index contributed by atoms with van der Waals surface area (Å²) in [5.74, 6) is -9.64. The maximum Gasteiger partial charge on any atom is 0.200 e. The summed E-state index contributed by atoms with van der Waals surface area (Å²) < 4.78 is 66.6. The fraction of sp³-hybridized carbons (Fsp3) is 0.467. The van der Waals surface area contributed by atoms with Gasteiger partial charge in [-0.15, -0.1) is 0 Å². The lowest BCUT2D eigenvalue weighted by Crippen LogP contribution is -2.21. The Kier molecular flexibility index (Phi) is 4.66. The molecule has 21 heavy (non-hydrogen) atoms. The van der Waals surface area contributed by atoms with E-state index in [4.69, 9.17) is 0 Å². The summed E-state index contributed by atoms with van der Waals surface area (Å²) >= 11 is 0. The monoisotopic (exact) mass is 305 g/mol. The third-order valence-electron chi connectivity index (χ3n) is 3.49. The van der Waals surface area contributed by atoms with Gasteiger partial charge in [0.1, 0.15) is 0 Å². The minimum Gasteiger partial charge on any atom is -0.310 e. The molecule has 1 aliphatic rings. The van der Waals surface area contributed by atoms with Gasteiger partial charge >= 0.3 is 0 Å². The van der Waals surface area contributed by atoms with Gasteiger partial charge in [0.2, 0.25) is 5.82 Å². The molecular weight excluding hydrogens is 289 g/mol. The molecule has 1 N–H and O–H groups in total. The average Bonchev–Trinajstić information content (AvgIpc) is 3.26. The van der Waals surface area contributed by atoms with Gasteiger partial charge in [-0.3, -0.25) is 0 Å². The average molecular weight is 305 g/mol. The second kappa shape index (κ2) is 6.13.